The summed E-state index contributed by atoms with van der Waals surface area (Å²) in [4.78, 5) is 24.7. The molecular formula is C29H42O4. The van der Waals surface area contributed by atoms with Crippen LogP contribution in [0.5, 0.6) is 0 Å². The van der Waals surface area contributed by atoms with E-state index in [1.54, 1.807) is 5.57 Å². The molecule has 4 nitrogen and oxygen atoms in total. The molecule has 4 heteroatoms. The number of ether oxygens (including phenoxy) is 1. The van der Waals surface area contributed by atoms with Crippen LogP contribution in [0.2, 0.25) is 0 Å². The number of rotatable bonds is 4. The van der Waals surface area contributed by atoms with Gasteiger partial charge in [-0.25, -0.2) is 4.79 Å². The zero-order valence-corrected chi connectivity index (χ0v) is 21.2. The number of fused-ring (bicyclic) bond motifs is 5. The molecule has 0 saturated heterocycles. The summed E-state index contributed by atoms with van der Waals surface area (Å²) in [6, 6.07) is 0. The van der Waals surface area contributed by atoms with Gasteiger partial charge in [-0.05, 0) is 91.4 Å². The molecule has 3 saturated carbocycles. The molecule has 4 aliphatic carbocycles. The van der Waals surface area contributed by atoms with Gasteiger partial charge in [-0.1, -0.05) is 46.3 Å². The fourth-order valence-electron chi connectivity index (χ4n) is 9.40. The number of hydrogen-bond donors (Lipinski definition) is 1. The molecule has 0 unspecified atom stereocenters. The number of ketones is 1. The molecule has 1 aliphatic heterocycles. The van der Waals surface area contributed by atoms with Crippen LogP contribution in [0.4, 0.5) is 0 Å². The molecule has 0 bridgehead atoms. The average molecular weight is 455 g/mol. The number of hydrogen-bond acceptors (Lipinski definition) is 4. The van der Waals surface area contributed by atoms with E-state index in [9.17, 15) is 14.7 Å². The Morgan fingerprint density at radius 2 is 1.79 bits per heavy atom. The van der Waals surface area contributed by atoms with Crippen LogP contribution in [-0.2, 0) is 14.3 Å². The standard InChI is InChI=1S/C29H42O4/c1-17(14-19-15-18(16-30)26(32)33-19)21-7-8-22-20-6-9-24-27(2,3)25(31)11-13-29(24,5)23(20)10-12-28(21,22)4/h6,15,17,19,21-24,30H,7-14,16H2,1-5H3/t17-,19-,21-,22+,23+,24+,28-,29-/m1/s1. The number of aliphatic hydroxyl groups excluding tert-OH is 1. The molecule has 5 rings (SSSR count). The van der Waals surface area contributed by atoms with E-state index in [4.69, 9.17) is 4.74 Å². The summed E-state index contributed by atoms with van der Waals surface area (Å²) in [5.74, 6) is 2.95. The Hall–Kier alpha value is -1.42. The number of carbonyl (C=O) groups excluding carboxylic acids is 2. The Morgan fingerprint density at radius 1 is 1.06 bits per heavy atom. The maximum Gasteiger partial charge on any atom is 0.336 e. The van der Waals surface area contributed by atoms with Gasteiger partial charge in [-0.15, -0.1) is 0 Å². The molecule has 3 fully saturated rings. The van der Waals surface area contributed by atoms with Crippen LogP contribution in [0.1, 0.15) is 86.0 Å². The predicted molar refractivity (Wildman–Crippen MR) is 128 cm³/mol. The normalized spacial score (nSPS) is 44.8. The molecule has 182 valence electrons. The largest absolute Gasteiger partial charge is 0.455 e. The number of aliphatic hydroxyl groups is 1. The third-order valence-electron chi connectivity index (χ3n) is 11.2. The minimum Gasteiger partial charge on any atom is -0.455 e. The maximum absolute atomic E-state index is 12.8. The highest BCUT2D eigenvalue weighted by molar-refractivity contribution is 5.91. The Kier molecular flexibility index (Phi) is 5.51. The van der Waals surface area contributed by atoms with Gasteiger partial charge >= 0.3 is 5.97 Å². The third kappa shape index (κ3) is 3.33. The van der Waals surface area contributed by atoms with Crippen molar-refractivity contribution in [2.45, 2.75) is 92.1 Å². The van der Waals surface area contributed by atoms with Crippen molar-refractivity contribution in [2.24, 2.45) is 45.8 Å². The zero-order chi connectivity index (χ0) is 23.8. The summed E-state index contributed by atoms with van der Waals surface area (Å²) in [6.07, 6.45) is 12.9. The highest BCUT2D eigenvalue weighted by atomic mass is 16.5. The maximum atomic E-state index is 12.8. The molecule has 0 radical (unpaired) electrons. The number of cyclic esters (lactones) is 1. The Bertz CT molecular complexity index is 913. The summed E-state index contributed by atoms with van der Waals surface area (Å²) >= 11 is 0. The molecule has 33 heavy (non-hydrogen) atoms. The number of allylic oxidation sites excluding steroid dienone is 2. The summed E-state index contributed by atoms with van der Waals surface area (Å²) in [5, 5.41) is 9.36. The monoisotopic (exact) mass is 454 g/mol. The topological polar surface area (TPSA) is 63.6 Å². The van der Waals surface area contributed by atoms with Crippen LogP contribution in [-0.4, -0.2) is 29.6 Å². The van der Waals surface area contributed by atoms with Gasteiger partial charge in [0.05, 0.1) is 12.2 Å². The molecule has 0 aromatic heterocycles. The second kappa shape index (κ2) is 7.80. The molecule has 8 atom stereocenters. The number of Topliss-reactive ketones (excluding diaryl/α,β-unsaturated/α-hetero) is 1. The SMILES string of the molecule is C[C@H](C[C@@H]1C=C(CO)C(=O)O1)[C@H]1CC[C@H]2C3=CC[C@H]4C(C)(C)C(=O)CC[C@]4(C)[C@H]3CC[C@]12C. The van der Waals surface area contributed by atoms with Gasteiger partial charge < -0.3 is 9.84 Å². The lowest BCUT2D eigenvalue weighted by Crippen LogP contribution is -2.55. The van der Waals surface area contributed by atoms with Crippen molar-refractivity contribution in [3.8, 4) is 0 Å². The van der Waals surface area contributed by atoms with E-state index in [1.165, 1.54) is 25.7 Å². The second-order valence-electron chi connectivity index (χ2n) is 13.0. The molecule has 0 amide bonds. The smallest absolute Gasteiger partial charge is 0.336 e. The van der Waals surface area contributed by atoms with Gasteiger partial charge in [0.25, 0.3) is 0 Å². The first-order valence-electron chi connectivity index (χ1n) is 13.3. The van der Waals surface area contributed by atoms with E-state index >= 15 is 0 Å². The summed E-state index contributed by atoms with van der Waals surface area (Å²) in [5.41, 5.74) is 2.47. The van der Waals surface area contributed by atoms with Crippen molar-refractivity contribution >= 4 is 11.8 Å². The van der Waals surface area contributed by atoms with Gasteiger partial charge in [-0.2, -0.15) is 0 Å². The molecule has 0 aromatic rings. The van der Waals surface area contributed by atoms with Crippen LogP contribution in [0.15, 0.2) is 23.3 Å². The first-order chi connectivity index (χ1) is 15.5. The molecular weight excluding hydrogens is 412 g/mol. The van der Waals surface area contributed by atoms with Gasteiger partial charge in [0.2, 0.25) is 0 Å². The van der Waals surface area contributed by atoms with Gasteiger partial charge in [0.1, 0.15) is 11.9 Å². The Morgan fingerprint density at radius 3 is 2.48 bits per heavy atom. The molecule has 1 N–H and O–H groups in total. The first kappa shape index (κ1) is 23.3. The molecule has 0 spiro atoms. The lowest BCUT2D eigenvalue weighted by molar-refractivity contribution is -0.145. The Labute approximate surface area is 199 Å². The molecule has 5 aliphatic rings. The fourth-order valence-corrected chi connectivity index (χ4v) is 9.40. The zero-order valence-electron chi connectivity index (χ0n) is 21.2. The second-order valence-corrected chi connectivity index (χ2v) is 13.0. The highest BCUT2D eigenvalue weighted by Crippen LogP contribution is 2.68. The van der Waals surface area contributed by atoms with Gasteiger partial charge in [0.15, 0.2) is 0 Å². The van der Waals surface area contributed by atoms with E-state index in [0.717, 1.165) is 25.7 Å². The van der Waals surface area contributed by atoms with Gasteiger partial charge in [-0.3, -0.25) is 4.79 Å². The average Bonchev–Trinajstić information content (AvgIpc) is 3.29. The van der Waals surface area contributed by atoms with Crippen molar-refractivity contribution in [1.82, 2.24) is 0 Å². The van der Waals surface area contributed by atoms with E-state index in [0.29, 0.717) is 46.4 Å². The minimum atomic E-state index is -0.352. The van der Waals surface area contributed by atoms with E-state index in [2.05, 4.69) is 40.7 Å². The van der Waals surface area contributed by atoms with Crippen LogP contribution < -0.4 is 0 Å². The lowest BCUT2D eigenvalue weighted by Gasteiger charge is -2.60. The third-order valence-corrected chi connectivity index (χ3v) is 11.2. The van der Waals surface area contributed by atoms with Crippen LogP contribution >= 0.6 is 0 Å². The van der Waals surface area contributed by atoms with Crippen molar-refractivity contribution < 1.29 is 19.4 Å². The van der Waals surface area contributed by atoms with Crippen molar-refractivity contribution in [3.05, 3.63) is 23.3 Å². The molecule has 1 heterocycles. The summed E-state index contributed by atoms with van der Waals surface area (Å²) in [6.45, 7) is 11.5. The minimum absolute atomic E-state index is 0.191. The van der Waals surface area contributed by atoms with Crippen LogP contribution in [0.3, 0.4) is 0 Å². The highest BCUT2D eigenvalue weighted by Gasteiger charge is 2.61. The quantitative estimate of drug-likeness (QED) is 0.441. The predicted octanol–water partition coefficient (Wildman–Crippen LogP) is 5.64. The van der Waals surface area contributed by atoms with Crippen LogP contribution in [0, 0.1) is 45.8 Å². The number of esters is 1. The fraction of sp³-hybridized carbons (Fsp3) is 0.793. The van der Waals surface area contributed by atoms with E-state index < -0.39 is 0 Å². The van der Waals surface area contributed by atoms with Crippen LogP contribution in [0.25, 0.3) is 0 Å². The van der Waals surface area contributed by atoms with Gasteiger partial charge in [0, 0.05) is 11.8 Å². The summed E-state index contributed by atoms with van der Waals surface area (Å²) in [7, 11) is 0. The van der Waals surface area contributed by atoms with Crippen molar-refractivity contribution in [3.63, 3.8) is 0 Å². The van der Waals surface area contributed by atoms with E-state index in [-0.39, 0.29) is 29.5 Å². The summed E-state index contributed by atoms with van der Waals surface area (Å²) < 4.78 is 5.52. The molecule has 0 aromatic carbocycles. The number of carbonyl (C=O) groups is 2. The first-order valence-corrected chi connectivity index (χ1v) is 13.3. The van der Waals surface area contributed by atoms with Crippen molar-refractivity contribution in [2.75, 3.05) is 6.61 Å². The van der Waals surface area contributed by atoms with Crippen molar-refractivity contribution in [1.29, 1.82) is 0 Å². The lowest BCUT2D eigenvalue weighted by atomic mass is 9.44. The van der Waals surface area contributed by atoms with E-state index in [1.807, 2.05) is 6.08 Å². The Balaban J connectivity index is 1.36.